The number of pyridine rings is 1. The molecule has 2 aromatic rings. The zero-order chi connectivity index (χ0) is 13.3. The summed E-state index contributed by atoms with van der Waals surface area (Å²) in [6.45, 7) is 0. The lowest BCUT2D eigenvalue weighted by atomic mass is 10.2. The van der Waals surface area contributed by atoms with Gasteiger partial charge in [-0.2, -0.15) is 0 Å². The number of hydrogen-bond donors (Lipinski definition) is 1. The van der Waals surface area contributed by atoms with Crippen LogP contribution in [0.3, 0.4) is 0 Å². The van der Waals surface area contributed by atoms with Gasteiger partial charge in [-0.15, -0.1) is 4.68 Å². The first-order chi connectivity index (χ1) is 8.50. The zero-order valence-electron chi connectivity index (χ0n) is 8.65. The molecule has 0 aliphatic heterocycles. The molecule has 92 valence electrons. The monoisotopic (exact) mass is 252 g/mol. The van der Waals surface area contributed by atoms with Crippen LogP contribution in [0.2, 0.25) is 0 Å². The minimum atomic E-state index is -1.46. The fourth-order valence-electron chi connectivity index (χ4n) is 1.29. The number of rotatable bonds is 3. The Labute approximate surface area is 98.5 Å². The fourth-order valence-corrected chi connectivity index (χ4v) is 1.29. The van der Waals surface area contributed by atoms with Crippen molar-refractivity contribution in [2.24, 2.45) is 0 Å². The molecule has 0 spiro atoms. The van der Waals surface area contributed by atoms with Crippen LogP contribution < -0.4 is 0 Å². The highest BCUT2D eigenvalue weighted by atomic mass is 19.1. The average Bonchev–Trinajstić information content (AvgIpc) is 2.78. The molecule has 0 aliphatic carbocycles. The molecule has 1 N–H and O–H groups in total. The molecule has 2 aromatic heterocycles. The second-order valence-corrected chi connectivity index (χ2v) is 3.18. The van der Waals surface area contributed by atoms with Crippen molar-refractivity contribution in [3.8, 4) is 5.82 Å². The summed E-state index contributed by atoms with van der Waals surface area (Å²) in [6, 6.07) is 2.04. The summed E-state index contributed by atoms with van der Waals surface area (Å²) in [5.41, 5.74) is -0.585. The second kappa shape index (κ2) is 4.20. The number of nitro groups is 1. The molecule has 2 heterocycles. The van der Waals surface area contributed by atoms with Gasteiger partial charge in [0.05, 0.1) is 17.4 Å². The summed E-state index contributed by atoms with van der Waals surface area (Å²) in [4.78, 5) is 24.0. The van der Waals surface area contributed by atoms with Crippen molar-refractivity contribution in [2.45, 2.75) is 0 Å². The highest BCUT2D eigenvalue weighted by Crippen LogP contribution is 2.16. The Morgan fingerprint density at radius 3 is 2.78 bits per heavy atom. The molecule has 0 radical (unpaired) electrons. The lowest BCUT2D eigenvalue weighted by molar-refractivity contribution is -0.389. The molecule has 0 bridgehead atoms. The number of carboxylic acid groups (broad SMARTS) is 1. The molecule has 0 saturated carbocycles. The highest BCUT2D eigenvalue weighted by Gasteiger charge is 2.20. The van der Waals surface area contributed by atoms with Gasteiger partial charge in [0.1, 0.15) is 5.56 Å². The van der Waals surface area contributed by atoms with Crippen molar-refractivity contribution in [3.63, 3.8) is 0 Å². The Kier molecular flexibility index (Phi) is 2.72. The Balaban J connectivity index is 2.53. The van der Waals surface area contributed by atoms with E-state index in [0.717, 1.165) is 29.2 Å². The van der Waals surface area contributed by atoms with Gasteiger partial charge >= 0.3 is 11.8 Å². The van der Waals surface area contributed by atoms with Crippen molar-refractivity contribution in [2.75, 3.05) is 0 Å². The second-order valence-electron chi connectivity index (χ2n) is 3.18. The SMILES string of the molecule is O=C(O)c1ccnc(-n2ccc([N+](=O)[O-])n2)c1F. The van der Waals surface area contributed by atoms with E-state index in [2.05, 4.69) is 10.1 Å². The minimum absolute atomic E-state index is 0.414. The number of nitrogens with zero attached hydrogens (tertiary/aromatic N) is 4. The van der Waals surface area contributed by atoms with E-state index in [0.29, 0.717) is 0 Å². The summed E-state index contributed by atoms with van der Waals surface area (Å²) in [7, 11) is 0. The van der Waals surface area contributed by atoms with E-state index in [-0.39, 0.29) is 0 Å². The average molecular weight is 252 g/mol. The molecule has 0 atom stereocenters. The van der Waals surface area contributed by atoms with E-state index in [1.54, 1.807) is 0 Å². The van der Waals surface area contributed by atoms with Gasteiger partial charge in [-0.25, -0.2) is 14.2 Å². The van der Waals surface area contributed by atoms with Crippen molar-refractivity contribution in [3.05, 3.63) is 46.0 Å². The van der Waals surface area contributed by atoms with Gasteiger partial charge in [0.25, 0.3) is 0 Å². The summed E-state index contributed by atoms with van der Waals surface area (Å²) in [5.74, 6) is -3.47. The topological polar surface area (TPSA) is 111 Å². The van der Waals surface area contributed by atoms with E-state index >= 15 is 0 Å². The van der Waals surface area contributed by atoms with Gasteiger partial charge in [-0.3, -0.25) is 0 Å². The maximum Gasteiger partial charge on any atom is 0.390 e. The van der Waals surface area contributed by atoms with E-state index in [1.807, 2.05) is 0 Å². The van der Waals surface area contributed by atoms with Gasteiger partial charge in [0.2, 0.25) is 5.82 Å². The van der Waals surface area contributed by atoms with Crippen molar-refractivity contribution >= 4 is 11.8 Å². The molecular formula is C9H5FN4O4. The predicted octanol–water partition coefficient (Wildman–Crippen LogP) is 1.01. The first kappa shape index (κ1) is 11.6. The molecule has 0 fully saturated rings. The number of aromatic nitrogens is 3. The molecule has 8 nitrogen and oxygen atoms in total. The lowest BCUT2D eigenvalue weighted by Gasteiger charge is -2.00. The summed E-state index contributed by atoms with van der Waals surface area (Å²) < 4.78 is 14.6. The summed E-state index contributed by atoms with van der Waals surface area (Å²) in [5, 5.41) is 22.6. The van der Waals surface area contributed by atoms with Gasteiger partial charge in [-0.1, -0.05) is 0 Å². The zero-order valence-corrected chi connectivity index (χ0v) is 8.65. The molecule has 2 rings (SSSR count). The Morgan fingerprint density at radius 1 is 1.50 bits per heavy atom. The Bertz CT molecular complexity index is 639. The fraction of sp³-hybridized carbons (Fsp3) is 0. The minimum Gasteiger partial charge on any atom is -0.478 e. The molecule has 0 aliphatic rings. The van der Waals surface area contributed by atoms with Crippen LogP contribution in [0.1, 0.15) is 10.4 Å². The third-order valence-corrected chi connectivity index (χ3v) is 2.08. The van der Waals surface area contributed by atoms with E-state index in [4.69, 9.17) is 5.11 Å². The van der Waals surface area contributed by atoms with Gasteiger partial charge in [0.15, 0.2) is 5.82 Å². The quantitative estimate of drug-likeness (QED) is 0.644. The molecule has 0 saturated heterocycles. The van der Waals surface area contributed by atoms with Crippen LogP contribution >= 0.6 is 0 Å². The number of hydrogen-bond acceptors (Lipinski definition) is 5. The maximum atomic E-state index is 13.7. The number of aromatic carboxylic acids is 1. The van der Waals surface area contributed by atoms with E-state index in [1.165, 1.54) is 0 Å². The smallest absolute Gasteiger partial charge is 0.390 e. The molecule has 0 amide bonds. The highest BCUT2D eigenvalue weighted by molar-refractivity contribution is 5.88. The Morgan fingerprint density at radius 2 is 2.22 bits per heavy atom. The third kappa shape index (κ3) is 1.88. The molecule has 9 heteroatoms. The molecule has 18 heavy (non-hydrogen) atoms. The largest absolute Gasteiger partial charge is 0.478 e. The van der Waals surface area contributed by atoms with Crippen LogP contribution in [0.4, 0.5) is 10.2 Å². The first-order valence-corrected chi connectivity index (χ1v) is 4.59. The lowest BCUT2D eigenvalue weighted by Crippen LogP contribution is -2.08. The summed E-state index contributed by atoms with van der Waals surface area (Å²) >= 11 is 0. The van der Waals surface area contributed by atoms with Crippen LogP contribution in [0.25, 0.3) is 5.82 Å². The summed E-state index contributed by atoms with van der Waals surface area (Å²) in [6.07, 6.45) is 2.20. The van der Waals surface area contributed by atoms with Crippen molar-refractivity contribution in [1.29, 1.82) is 0 Å². The number of carboxylic acids is 1. The van der Waals surface area contributed by atoms with Crippen LogP contribution in [-0.2, 0) is 0 Å². The van der Waals surface area contributed by atoms with Crippen molar-refractivity contribution < 1.29 is 19.2 Å². The van der Waals surface area contributed by atoms with Gasteiger partial charge in [-0.05, 0) is 11.0 Å². The van der Waals surface area contributed by atoms with Crippen LogP contribution in [0.15, 0.2) is 24.5 Å². The van der Waals surface area contributed by atoms with Gasteiger partial charge < -0.3 is 15.2 Å². The first-order valence-electron chi connectivity index (χ1n) is 4.59. The molecule has 0 unspecified atom stereocenters. The van der Waals surface area contributed by atoms with Crippen LogP contribution in [0, 0.1) is 15.9 Å². The van der Waals surface area contributed by atoms with E-state index in [9.17, 15) is 19.3 Å². The van der Waals surface area contributed by atoms with Crippen LogP contribution in [-0.4, -0.2) is 30.8 Å². The number of halogens is 1. The van der Waals surface area contributed by atoms with Gasteiger partial charge in [0, 0.05) is 6.20 Å². The van der Waals surface area contributed by atoms with Crippen LogP contribution in [0.5, 0.6) is 0 Å². The molecule has 0 aromatic carbocycles. The number of carbonyl (C=O) groups is 1. The van der Waals surface area contributed by atoms with E-state index < -0.39 is 33.9 Å². The maximum absolute atomic E-state index is 13.7. The predicted molar refractivity (Wildman–Crippen MR) is 54.9 cm³/mol. The molecular weight excluding hydrogens is 247 g/mol. The Hall–Kier alpha value is -2.84. The third-order valence-electron chi connectivity index (χ3n) is 2.08. The normalized spacial score (nSPS) is 10.3. The van der Waals surface area contributed by atoms with Crippen molar-refractivity contribution in [1.82, 2.24) is 14.8 Å². The standard InChI is InChI=1S/C9H5FN4O4/c10-7-5(9(15)16)1-3-11-8(7)13-4-2-6(12-13)14(17)18/h1-4H,(H,15,16).